The molecule has 1 unspecified atom stereocenters. The van der Waals surface area contributed by atoms with E-state index in [-0.39, 0.29) is 6.04 Å². The fraction of sp³-hybridized carbons (Fsp3) is 0.286. The summed E-state index contributed by atoms with van der Waals surface area (Å²) in [5.41, 5.74) is 10.1. The molecular weight excluding hydrogens is 274 g/mol. The summed E-state index contributed by atoms with van der Waals surface area (Å²) in [5, 5.41) is 7.94. The van der Waals surface area contributed by atoms with Gasteiger partial charge in [-0.05, 0) is 26.0 Å². The summed E-state index contributed by atoms with van der Waals surface area (Å²) < 4.78 is 0. The van der Waals surface area contributed by atoms with Crippen molar-refractivity contribution in [2.45, 2.75) is 19.9 Å². The van der Waals surface area contributed by atoms with Gasteiger partial charge in [-0.2, -0.15) is 5.10 Å². The molecule has 5 nitrogen and oxygen atoms in total. The highest BCUT2D eigenvalue weighted by Crippen LogP contribution is 2.36. The van der Waals surface area contributed by atoms with Crippen molar-refractivity contribution in [3.8, 4) is 0 Å². The van der Waals surface area contributed by atoms with Crippen LogP contribution >= 0.6 is 11.6 Å². The van der Waals surface area contributed by atoms with Crippen LogP contribution in [0, 0.1) is 13.8 Å². The molecule has 0 bridgehead atoms. The highest BCUT2D eigenvalue weighted by molar-refractivity contribution is 6.33. The maximum atomic E-state index is 6.30. The van der Waals surface area contributed by atoms with Crippen LogP contribution in [0.4, 0.5) is 5.69 Å². The van der Waals surface area contributed by atoms with E-state index in [1.807, 2.05) is 43.0 Å². The number of benzene rings is 1. The van der Waals surface area contributed by atoms with Crippen molar-refractivity contribution < 1.29 is 0 Å². The lowest BCUT2D eigenvalue weighted by Crippen LogP contribution is -2.36. The van der Waals surface area contributed by atoms with Gasteiger partial charge >= 0.3 is 0 Å². The van der Waals surface area contributed by atoms with E-state index in [0.29, 0.717) is 17.5 Å². The molecule has 6 heteroatoms. The fourth-order valence-electron chi connectivity index (χ4n) is 2.71. The Bertz CT molecular complexity index is 656. The highest BCUT2D eigenvalue weighted by atomic mass is 35.5. The van der Waals surface area contributed by atoms with Gasteiger partial charge in [-0.25, -0.2) is 0 Å². The average Bonchev–Trinajstić information content (AvgIpc) is 2.94. The van der Waals surface area contributed by atoms with Gasteiger partial charge in [0.15, 0.2) is 5.96 Å². The quantitative estimate of drug-likeness (QED) is 0.892. The number of nitrogens with one attached hydrogen (secondary N) is 1. The molecule has 0 radical (unpaired) electrons. The molecule has 2 aromatic rings. The number of para-hydroxylation sites is 1. The van der Waals surface area contributed by atoms with E-state index in [0.717, 1.165) is 22.6 Å². The monoisotopic (exact) mass is 289 g/mol. The van der Waals surface area contributed by atoms with Gasteiger partial charge in [-0.15, -0.1) is 0 Å². The van der Waals surface area contributed by atoms with Crippen molar-refractivity contribution in [3.05, 3.63) is 46.2 Å². The molecular formula is C14H16ClN5. The Balaban J connectivity index is 2.08. The fourth-order valence-corrected chi connectivity index (χ4v) is 2.93. The maximum absolute atomic E-state index is 6.30. The summed E-state index contributed by atoms with van der Waals surface area (Å²) in [6.45, 7) is 4.60. The summed E-state index contributed by atoms with van der Waals surface area (Å²) >= 11 is 6.30. The molecule has 3 N–H and O–H groups in total. The number of aryl methyl sites for hydroxylation is 2. The molecule has 0 spiro atoms. The first kappa shape index (κ1) is 13.0. The van der Waals surface area contributed by atoms with Crippen LogP contribution in [0.1, 0.15) is 23.0 Å². The lowest BCUT2D eigenvalue weighted by molar-refractivity contribution is 0.757. The van der Waals surface area contributed by atoms with Crippen molar-refractivity contribution in [2.24, 2.45) is 10.7 Å². The van der Waals surface area contributed by atoms with Gasteiger partial charge < -0.3 is 10.6 Å². The van der Waals surface area contributed by atoms with Gasteiger partial charge in [-0.3, -0.25) is 10.1 Å². The molecule has 0 saturated heterocycles. The minimum atomic E-state index is 0.0358. The van der Waals surface area contributed by atoms with Crippen LogP contribution in [0.15, 0.2) is 29.3 Å². The molecule has 0 aliphatic carbocycles. The number of halogens is 1. The van der Waals surface area contributed by atoms with Crippen LogP contribution in [0.5, 0.6) is 0 Å². The van der Waals surface area contributed by atoms with E-state index in [1.54, 1.807) is 0 Å². The normalized spacial score (nSPS) is 18.4. The summed E-state index contributed by atoms with van der Waals surface area (Å²) in [6, 6.07) is 7.69. The van der Waals surface area contributed by atoms with E-state index in [4.69, 9.17) is 17.3 Å². The van der Waals surface area contributed by atoms with Gasteiger partial charge in [0.25, 0.3) is 0 Å². The average molecular weight is 290 g/mol. The Kier molecular flexibility index (Phi) is 3.14. The van der Waals surface area contributed by atoms with Crippen molar-refractivity contribution in [1.29, 1.82) is 0 Å². The largest absolute Gasteiger partial charge is 0.369 e. The van der Waals surface area contributed by atoms with Gasteiger partial charge in [-0.1, -0.05) is 23.7 Å². The van der Waals surface area contributed by atoms with Crippen LogP contribution < -0.4 is 10.6 Å². The zero-order valence-electron chi connectivity index (χ0n) is 11.4. The molecule has 1 aliphatic rings. The minimum Gasteiger partial charge on any atom is -0.369 e. The molecule has 104 valence electrons. The molecule has 0 fully saturated rings. The summed E-state index contributed by atoms with van der Waals surface area (Å²) in [4.78, 5) is 6.35. The number of nitrogens with two attached hydrogens (primary N) is 1. The number of guanidine groups is 1. The third-order valence-electron chi connectivity index (χ3n) is 3.62. The van der Waals surface area contributed by atoms with E-state index < -0.39 is 0 Å². The molecule has 2 heterocycles. The van der Waals surface area contributed by atoms with Crippen LogP contribution in [-0.2, 0) is 0 Å². The van der Waals surface area contributed by atoms with Crippen molar-refractivity contribution in [3.63, 3.8) is 0 Å². The number of H-pyrrole nitrogens is 1. The smallest absolute Gasteiger partial charge is 0.196 e. The first-order valence-electron chi connectivity index (χ1n) is 6.44. The predicted molar refractivity (Wildman–Crippen MR) is 81.2 cm³/mol. The first-order valence-corrected chi connectivity index (χ1v) is 6.82. The molecule has 1 atom stereocenters. The zero-order valence-corrected chi connectivity index (χ0v) is 12.1. The SMILES string of the molecule is Cc1n[nH]c(C)c1C1CN=C(N)N1c1ccccc1Cl. The standard InChI is InChI=1S/C14H16ClN5/c1-8-13(9(2)19-18-8)12-7-17-14(16)20(12)11-6-4-3-5-10(11)15/h3-6,12H,7H2,1-2H3,(H2,16,17)(H,18,19). The number of anilines is 1. The number of hydrogen-bond acceptors (Lipinski definition) is 4. The third kappa shape index (κ3) is 1.94. The van der Waals surface area contributed by atoms with E-state index in [9.17, 15) is 0 Å². The maximum Gasteiger partial charge on any atom is 0.196 e. The van der Waals surface area contributed by atoms with Gasteiger partial charge in [0.1, 0.15) is 0 Å². The number of aliphatic imine (C=N–C) groups is 1. The van der Waals surface area contributed by atoms with Crippen LogP contribution in [-0.4, -0.2) is 22.7 Å². The molecule has 1 aromatic carbocycles. The second-order valence-corrected chi connectivity index (χ2v) is 5.29. The molecule has 3 rings (SSSR count). The Morgan fingerprint density at radius 1 is 1.35 bits per heavy atom. The molecule has 20 heavy (non-hydrogen) atoms. The number of nitrogens with zero attached hydrogens (tertiary/aromatic N) is 3. The molecule has 1 aromatic heterocycles. The Labute approximate surface area is 122 Å². The molecule has 1 aliphatic heterocycles. The summed E-state index contributed by atoms with van der Waals surface area (Å²) in [7, 11) is 0. The van der Waals surface area contributed by atoms with Gasteiger partial charge in [0.05, 0.1) is 29.0 Å². The Hall–Kier alpha value is -2.01. The van der Waals surface area contributed by atoms with E-state index in [1.165, 1.54) is 0 Å². The minimum absolute atomic E-state index is 0.0358. The molecule has 0 amide bonds. The zero-order chi connectivity index (χ0) is 14.3. The first-order chi connectivity index (χ1) is 9.59. The van der Waals surface area contributed by atoms with E-state index in [2.05, 4.69) is 15.2 Å². The summed E-state index contributed by atoms with van der Waals surface area (Å²) in [6.07, 6.45) is 0. The number of aromatic nitrogens is 2. The van der Waals surface area contributed by atoms with Crippen molar-refractivity contribution in [1.82, 2.24) is 10.2 Å². The molecule has 0 saturated carbocycles. The Morgan fingerprint density at radius 2 is 2.10 bits per heavy atom. The highest BCUT2D eigenvalue weighted by Gasteiger charge is 2.33. The predicted octanol–water partition coefficient (Wildman–Crippen LogP) is 2.56. The van der Waals surface area contributed by atoms with E-state index >= 15 is 0 Å². The lowest BCUT2D eigenvalue weighted by atomic mass is 10.0. The van der Waals surface area contributed by atoms with Crippen molar-refractivity contribution in [2.75, 3.05) is 11.4 Å². The van der Waals surface area contributed by atoms with Crippen LogP contribution in [0.25, 0.3) is 0 Å². The third-order valence-corrected chi connectivity index (χ3v) is 3.93. The van der Waals surface area contributed by atoms with Crippen molar-refractivity contribution >= 4 is 23.2 Å². The number of aromatic amines is 1. The number of rotatable bonds is 2. The van der Waals surface area contributed by atoms with Gasteiger partial charge in [0, 0.05) is 11.3 Å². The van der Waals surface area contributed by atoms with Gasteiger partial charge in [0.2, 0.25) is 0 Å². The second kappa shape index (κ2) is 4.83. The van der Waals surface area contributed by atoms with Crippen LogP contribution in [0.3, 0.4) is 0 Å². The Morgan fingerprint density at radius 3 is 2.75 bits per heavy atom. The lowest BCUT2D eigenvalue weighted by Gasteiger charge is -2.27. The van der Waals surface area contributed by atoms with Crippen LogP contribution in [0.2, 0.25) is 5.02 Å². The second-order valence-electron chi connectivity index (χ2n) is 4.88. The topological polar surface area (TPSA) is 70.3 Å². The summed E-state index contributed by atoms with van der Waals surface area (Å²) in [5.74, 6) is 0.489. The number of hydrogen-bond donors (Lipinski definition) is 2.